The molecule has 2 saturated heterocycles. The maximum absolute atomic E-state index is 5.58. The molecule has 2 fully saturated rings. The molecule has 4 heteroatoms. The molecule has 3 atom stereocenters. The number of nitrogens with one attached hydrogen (secondary N) is 1. The fourth-order valence-corrected chi connectivity index (χ4v) is 3.81. The summed E-state index contributed by atoms with van der Waals surface area (Å²) in [4.78, 5) is 5.27. The van der Waals surface area contributed by atoms with Crippen molar-refractivity contribution in [2.75, 3.05) is 52.5 Å². The van der Waals surface area contributed by atoms with Gasteiger partial charge in [0, 0.05) is 37.7 Å². The molecule has 0 spiro atoms. The second-order valence-corrected chi connectivity index (χ2v) is 6.21. The lowest BCUT2D eigenvalue weighted by Crippen LogP contribution is -2.46. The first kappa shape index (κ1) is 16.2. The van der Waals surface area contributed by atoms with Gasteiger partial charge in [0.15, 0.2) is 0 Å². The Hall–Kier alpha value is -0.160. The van der Waals surface area contributed by atoms with E-state index >= 15 is 0 Å². The Labute approximate surface area is 124 Å². The van der Waals surface area contributed by atoms with Gasteiger partial charge in [-0.15, -0.1) is 0 Å². The van der Waals surface area contributed by atoms with Crippen LogP contribution in [0, 0.1) is 5.92 Å². The smallest absolute Gasteiger partial charge is 0.0510 e. The lowest BCUT2D eigenvalue weighted by atomic mass is 9.98. The van der Waals surface area contributed by atoms with Gasteiger partial charge in [0.1, 0.15) is 0 Å². The summed E-state index contributed by atoms with van der Waals surface area (Å²) in [5.74, 6) is 0.711. The Balaban J connectivity index is 1.82. The third-order valence-corrected chi connectivity index (χ3v) is 5.03. The SMILES string of the molecule is CCNC(CN1CCC(N(CC)CC)C1)C1CCOC1. The second kappa shape index (κ2) is 8.32. The van der Waals surface area contributed by atoms with Gasteiger partial charge in [-0.25, -0.2) is 0 Å². The molecule has 4 nitrogen and oxygen atoms in total. The predicted octanol–water partition coefficient (Wildman–Crippen LogP) is 1.42. The van der Waals surface area contributed by atoms with Crippen molar-refractivity contribution in [1.82, 2.24) is 15.1 Å². The van der Waals surface area contributed by atoms with E-state index < -0.39 is 0 Å². The standard InChI is InChI=1S/C16H33N3O/c1-4-17-16(14-8-10-20-13-14)12-18-9-7-15(11-18)19(5-2)6-3/h14-17H,4-13H2,1-3H3. The molecular weight excluding hydrogens is 250 g/mol. The molecule has 2 heterocycles. The van der Waals surface area contributed by atoms with Gasteiger partial charge in [-0.1, -0.05) is 20.8 Å². The summed E-state index contributed by atoms with van der Waals surface area (Å²) < 4.78 is 5.58. The van der Waals surface area contributed by atoms with E-state index in [0.29, 0.717) is 12.0 Å². The van der Waals surface area contributed by atoms with E-state index in [1.54, 1.807) is 0 Å². The summed E-state index contributed by atoms with van der Waals surface area (Å²) in [5.41, 5.74) is 0. The van der Waals surface area contributed by atoms with Crippen LogP contribution in [0.1, 0.15) is 33.6 Å². The molecule has 3 unspecified atom stereocenters. The fraction of sp³-hybridized carbons (Fsp3) is 1.00. The first-order valence-electron chi connectivity index (χ1n) is 8.55. The van der Waals surface area contributed by atoms with Crippen molar-refractivity contribution >= 4 is 0 Å². The molecule has 0 saturated carbocycles. The van der Waals surface area contributed by atoms with Crippen LogP contribution < -0.4 is 5.32 Å². The van der Waals surface area contributed by atoms with Crippen LogP contribution in [0.25, 0.3) is 0 Å². The average Bonchev–Trinajstić information content (AvgIpc) is 3.11. The highest BCUT2D eigenvalue weighted by Crippen LogP contribution is 2.21. The summed E-state index contributed by atoms with van der Waals surface area (Å²) in [6, 6.07) is 1.38. The number of ether oxygens (including phenoxy) is 1. The number of hydrogen-bond acceptors (Lipinski definition) is 4. The Bertz CT molecular complexity index is 264. The Kier molecular flexibility index (Phi) is 6.75. The molecule has 1 N–H and O–H groups in total. The van der Waals surface area contributed by atoms with Crippen LogP contribution in [0.2, 0.25) is 0 Å². The van der Waals surface area contributed by atoms with Crippen LogP contribution in [0.5, 0.6) is 0 Å². The Morgan fingerprint density at radius 1 is 1.25 bits per heavy atom. The zero-order chi connectivity index (χ0) is 14.4. The molecule has 0 bridgehead atoms. The van der Waals surface area contributed by atoms with Crippen LogP contribution in [0.4, 0.5) is 0 Å². The average molecular weight is 283 g/mol. The first-order chi connectivity index (χ1) is 9.78. The molecular formula is C16H33N3O. The summed E-state index contributed by atoms with van der Waals surface area (Å²) >= 11 is 0. The minimum atomic E-state index is 0.609. The van der Waals surface area contributed by atoms with E-state index in [2.05, 4.69) is 35.9 Å². The van der Waals surface area contributed by atoms with Gasteiger partial charge in [-0.2, -0.15) is 0 Å². The second-order valence-electron chi connectivity index (χ2n) is 6.21. The highest BCUT2D eigenvalue weighted by Gasteiger charge is 2.31. The van der Waals surface area contributed by atoms with E-state index in [-0.39, 0.29) is 0 Å². The van der Waals surface area contributed by atoms with Crippen LogP contribution in [-0.4, -0.2) is 74.4 Å². The van der Waals surface area contributed by atoms with E-state index in [9.17, 15) is 0 Å². The minimum Gasteiger partial charge on any atom is -0.381 e. The largest absolute Gasteiger partial charge is 0.381 e. The maximum Gasteiger partial charge on any atom is 0.0510 e. The summed E-state index contributed by atoms with van der Waals surface area (Å²) in [6.07, 6.45) is 2.56. The van der Waals surface area contributed by atoms with E-state index in [0.717, 1.165) is 25.8 Å². The lowest BCUT2D eigenvalue weighted by molar-refractivity contribution is 0.162. The minimum absolute atomic E-state index is 0.609. The third kappa shape index (κ3) is 4.17. The zero-order valence-corrected chi connectivity index (χ0v) is 13.6. The van der Waals surface area contributed by atoms with Gasteiger partial charge < -0.3 is 15.0 Å². The van der Waals surface area contributed by atoms with Crippen molar-refractivity contribution in [1.29, 1.82) is 0 Å². The fourth-order valence-electron chi connectivity index (χ4n) is 3.81. The van der Waals surface area contributed by atoms with Crippen LogP contribution >= 0.6 is 0 Å². The Morgan fingerprint density at radius 3 is 2.65 bits per heavy atom. The normalized spacial score (nSPS) is 29.4. The van der Waals surface area contributed by atoms with Gasteiger partial charge >= 0.3 is 0 Å². The summed E-state index contributed by atoms with van der Waals surface area (Å²) in [7, 11) is 0. The van der Waals surface area contributed by atoms with E-state index in [4.69, 9.17) is 4.74 Å². The molecule has 2 aliphatic heterocycles. The van der Waals surface area contributed by atoms with Gasteiger partial charge in [0.25, 0.3) is 0 Å². The van der Waals surface area contributed by atoms with Crippen LogP contribution in [0.3, 0.4) is 0 Å². The molecule has 2 rings (SSSR count). The van der Waals surface area contributed by atoms with E-state index in [1.165, 1.54) is 45.6 Å². The van der Waals surface area contributed by atoms with Crippen molar-refractivity contribution < 1.29 is 4.74 Å². The topological polar surface area (TPSA) is 27.7 Å². The molecule has 0 aromatic carbocycles. The monoisotopic (exact) mass is 283 g/mol. The number of rotatable bonds is 8. The first-order valence-corrected chi connectivity index (χ1v) is 8.55. The number of likely N-dealkylation sites (tertiary alicyclic amines) is 1. The van der Waals surface area contributed by atoms with Crippen molar-refractivity contribution in [3.63, 3.8) is 0 Å². The molecule has 0 amide bonds. The molecule has 0 aromatic heterocycles. The lowest BCUT2D eigenvalue weighted by Gasteiger charge is -2.30. The van der Waals surface area contributed by atoms with Crippen molar-refractivity contribution in [3.8, 4) is 0 Å². The highest BCUT2D eigenvalue weighted by atomic mass is 16.5. The van der Waals surface area contributed by atoms with Gasteiger partial charge in [0.05, 0.1) is 6.61 Å². The molecule has 2 aliphatic rings. The van der Waals surface area contributed by atoms with Crippen LogP contribution in [-0.2, 0) is 4.74 Å². The summed E-state index contributed by atoms with van der Waals surface area (Å²) in [6.45, 7) is 15.8. The quantitative estimate of drug-likeness (QED) is 0.729. The number of likely N-dealkylation sites (N-methyl/N-ethyl adjacent to an activating group) is 2. The molecule has 0 aromatic rings. The molecule has 0 radical (unpaired) electrons. The summed E-state index contributed by atoms with van der Waals surface area (Å²) in [5, 5.41) is 3.69. The van der Waals surface area contributed by atoms with Gasteiger partial charge in [-0.3, -0.25) is 4.90 Å². The van der Waals surface area contributed by atoms with Crippen molar-refractivity contribution in [3.05, 3.63) is 0 Å². The zero-order valence-electron chi connectivity index (χ0n) is 13.6. The molecule has 118 valence electrons. The predicted molar refractivity (Wildman–Crippen MR) is 84.2 cm³/mol. The van der Waals surface area contributed by atoms with Gasteiger partial charge in [-0.05, 0) is 39.0 Å². The molecule has 20 heavy (non-hydrogen) atoms. The van der Waals surface area contributed by atoms with E-state index in [1.807, 2.05) is 0 Å². The van der Waals surface area contributed by atoms with Crippen LogP contribution in [0.15, 0.2) is 0 Å². The van der Waals surface area contributed by atoms with Crippen molar-refractivity contribution in [2.45, 2.75) is 45.7 Å². The number of hydrogen-bond donors (Lipinski definition) is 1. The third-order valence-electron chi connectivity index (χ3n) is 5.03. The van der Waals surface area contributed by atoms with Gasteiger partial charge in [0.2, 0.25) is 0 Å². The maximum atomic E-state index is 5.58. The molecule has 0 aliphatic carbocycles. The Morgan fingerprint density at radius 2 is 2.05 bits per heavy atom. The van der Waals surface area contributed by atoms with Crippen molar-refractivity contribution in [2.24, 2.45) is 5.92 Å². The highest BCUT2D eigenvalue weighted by molar-refractivity contribution is 4.88. The number of nitrogens with zero attached hydrogens (tertiary/aromatic N) is 2.